The van der Waals surface area contributed by atoms with E-state index in [0.29, 0.717) is 12.1 Å². The summed E-state index contributed by atoms with van der Waals surface area (Å²) in [6.45, 7) is 3.96. The van der Waals surface area contributed by atoms with Gasteiger partial charge in [0.25, 0.3) is 0 Å². The molecule has 0 amide bonds. The van der Waals surface area contributed by atoms with Crippen LogP contribution in [0.1, 0.15) is 11.7 Å². The minimum Gasteiger partial charge on any atom is -0.395 e. The predicted octanol–water partition coefficient (Wildman–Crippen LogP) is 1.85. The Labute approximate surface area is 121 Å². The van der Waals surface area contributed by atoms with Gasteiger partial charge >= 0.3 is 0 Å². The molecule has 5 heteroatoms. The van der Waals surface area contributed by atoms with Crippen LogP contribution in [0.4, 0.5) is 0 Å². The Kier molecular flexibility index (Phi) is 6.74. The lowest BCUT2D eigenvalue weighted by Crippen LogP contribution is -2.42. The highest BCUT2D eigenvalue weighted by Gasteiger charge is 2.25. The molecule has 0 heterocycles. The van der Waals surface area contributed by atoms with E-state index >= 15 is 0 Å². The Balaban J connectivity index is 2.90. The maximum Gasteiger partial charge on any atom is 0.0968 e. The topological polar surface area (TPSA) is 67.5 Å². The van der Waals surface area contributed by atoms with Crippen molar-refractivity contribution in [1.82, 2.24) is 4.90 Å². The van der Waals surface area contributed by atoms with Gasteiger partial charge in [0.1, 0.15) is 0 Å². The highest BCUT2D eigenvalue weighted by atomic mass is 79.9. The van der Waals surface area contributed by atoms with Crippen molar-refractivity contribution in [3.05, 3.63) is 47.0 Å². The van der Waals surface area contributed by atoms with Gasteiger partial charge in [0, 0.05) is 11.0 Å². The van der Waals surface area contributed by atoms with E-state index in [4.69, 9.17) is 5.26 Å². The number of aliphatic hydroxyl groups excluding tert-OH is 2. The van der Waals surface area contributed by atoms with Gasteiger partial charge in [0.2, 0.25) is 0 Å². The molecule has 19 heavy (non-hydrogen) atoms. The Morgan fingerprint density at radius 1 is 1.42 bits per heavy atom. The zero-order valence-corrected chi connectivity index (χ0v) is 12.1. The molecule has 2 atom stereocenters. The molecule has 0 unspecified atom stereocenters. The summed E-state index contributed by atoms with van der Waals surface area (Å²) < 4.78 is 0.920. The first-order chi connectivity index (χ1) is 9.13. The Hall–Kier alpha value is -1.19. The molecule has 102 valence electrons. The molecule has 0 spiro atoms. The molecule has 1 aromatic carbocycles. The van der Waals surface area contributed by atoms with Crippen molar-refractivity contribution in [1.29, 1.82) is 5.26 Å². The number of nitriles is 1. The van der Waals surface area contributed by atoms with E-state index < -0.39 is 12.1 Å². The van der Waals surface area contributed by atoms with Crippen LogP contribution in [-0.2, 0) is 0 Å². The molecule has 0 aromatic heterocycles. The summed E-state index contributed by atoms with van der Waals surface area (Å²) in [5, 5.41) is 28.6. The second-order valence-corrected chi connectivity index (χ2v) is 5.04. The number of benzene rings is 1. The van der Waals surface area contributed by atoms with E-state index in [2.05, 4.69) is 22.5 Å². The zero-order chi connectivity index (χ0) is 14.3. The fourth-order valence-corrected chi connectivity index (χ4v) is 2.14. The SMILES string of the molecule is C=CCN(CC#N)[C@H](CO)[C@H](O)c1ccc(Br)cc1. The van der Waals surface area contributed by atoms with Gasteiger partial charge in [-0.1, -0.05) is 34.1 Å². The van der Waals surface area contributed by atoms with Gasteiger partial charge in [-0.3, -0.25) is 4.90 Å². The summed E-state index contributed by atoms with van der Waals surface area (Å²) >= 11 is 3.33. The monoisotopic (exact) mass is 324 g/mol. The third-order valence-electron chi connectivity index (χ3n) is 2.87. The van der Waals surface area contributed by atoms with Crippen LogP contribution < -0.4 is 0 Å². The first kappa shape index (κ1) is 15.9. The highest BCUT2D eigenvalue weighted by Crippen LogP contribution is 2.22. The molecule has 0 aliphatic rings. The average molecular weight is 325 g/mol. The van der Waals surface area contributed by atoms with Gasteiger partial charge < -0.3 is 10.2 Å². The molecule has 0 bridgehead atoms. The van der Waals surface area contributed by atoms with Gasteiger partial charge in [0.15, 0.2) is 0 Å². The minimum absolute atomic E-state index is 0.130. The molecule has 0 saturated heterocycles. The molecule has 0 aliphatic carbocycles. The maximum atomic E-state index is 10.3. The van der Waals surface area contributed by atoms with Crippen molar-refractivity contribution in [2.45, 2.75) is 12.1 Å². The zero-order valence-electron chi connectivity index (χ0n) is 10.5. The van der Waals surface area contributed by atoms with E-state index in [-0.39, 0.29) is 13.2 Å². The Morgan fingerprint density at radius 3 is 2.53 bits per heavy atom. The third-order valence-corrected chi connectivity index (χ3v) is 3.40. The van der Waals surface area contributed by atoms with Gasteiger partial charge in [-0.2, -0.15) is 5.26 Å². The van der Waals surface area contributed by atoms with Crippen LogP contribution in [0.5, 0.6) is 0 Å². The van der Waals surface area contributed by atoms with Gasteiger partial charge in [0.05, 0.1) is 31.4 Å². The van der Waals surface area contributed by atoms with Crippen molar-refractivity contribution < 1.29 is 10.2 Å². The first-order valence-corrected chi connectivity index (χ1v) is 6.69. The predicted molar refractivity (Wildman–Crippen MR) is 77.4 cm³/mol. The normalized spacial score (nSPS) is 13.8. The summed E-state index contributed by atoms with van der Waals surface area (Å²) in [6, 6.07) is 8.73. The fourth-order valence-electron chi connectivity index (χ4n) is 1.87. The summed E-state index contributed by atoms with van der Waals surface area (Å²) in [5.41, 5.74) is 0.703. The van der Waals surface area contributed by atoms with E-state index in [9.17, 15) is 10.2 Å². The first-order valence-electron chi connectivity index (χ1n) is 5.90. The molecule has 1 rings (SSSR count). The fraction of sp³-hybridized carbons (Fsp3) is 0.357. The molecule has 0 fully saturated rings. The summed E-state index contributed by atoms with van der Waals surface area (Å²) in [4.78, 5) is 1.69. The molecule has 0 radical (unpaired) electrons. The molecule has 0 saturated carbocycles. The van der Waals surface area contributed by atoms with Gasteiger partial charge in [-0.15, -0.1) is 6.58 Å². The number of hydrogen-bond acceptors (Lipinski definition) is 4. The van der Waals surface area contributed by atoms with Crippen LogP contribution in [-0.4, -0.2) is 40.9 Å². The van der Waals surface area contributed by atoms with E-state index in [0.717, 1.165) is 4.47 Å². The van der Waals surface area contributed by atoms with Gasteiger partial charge in [-0.05, 0) is 17.7 Å². The van der Waals surface area contributed by atoms with E-state index in [1.165, 1.54) is 0 Å². The summed E-state index contributed by atoms with van der Waals surface area (Å²) in [5.74, 6) is 0. The van der Waals surface area contributed by atoms with Crippen LogP contribution >= 0.6 is 15.9 Å². The number of rotatable bonds is 7. The number of hydrogen-bond donors (Lipinski definition) is 2. The van der Waals surface area contributed by atoms with Crippen molar-refractivity contribution in [3.63, 3.8) is 0 Å². The standard InChI is InChI=1S/C14H17BrN2O2/c1-2-8-17(9-7-16)13(10-18)14(19)11-3-5-12(15)6-4-11/h2-6,13-14,18-19H,1,8-10H2/t13-,14-/m1/s1. The van der Waals surface area contributed by atoms with Gasteiger partial charge in [-0.25, -0.2) is 0 Å². The van der Waals surface area contributed by atoms with Crippen molar-refractivity contribution in [3.8, 4) is 6.07 Å². The molecule has 2 N–H and O–H groups in total. The molecular formula is C14H17BrN2O2. The molecular weight excluding hydrogens is 308 g/mol. The summed E-state index contributed by atoms with van der Waals surface area (Å²) in [7, 11) is 0. The second kappa shape index (κ2) is 8.08. The van der Waals surface area contributed by atoms with Crippen LogP contribution in [0.2, 0.25) is 0 Å². The lowest BCUT2D eigenvalue weighted by molar-refractivity contribution is 0.0262. The van der Waals surface area contributed by atoms with Crippen molar-refractivity contribution >= 4 is 15.9 Å². The smallest absolute Gasteiger partial charge is 0.0968 e. The number of aliphatic hydroxyl groups is 2. The Bertz CT molecular complexity index is 442. The highest BCUT2D eigenvalue weighted by molar-refractivity contribution is 9.10. The average Bonchev–Trinajstić information content (AvgIpc) is 2.40. The molecule has 1 aromatic rings. The molecule has 4 nitrogen and oxygen atoms in total. The van der Waals surface area contributed by atoms with Crippen LogP contribution in [0.3, 0.4) is 0 Å². The van der Waals surface area contributed by atoms with Crippen molar-refractivity contribution in [2.24, 2.45) is 0 Å². The quantitative estimate of drug-likeness (QED) is 0.593. The summed E-state index contributed by atoms with van der Waals surface area (Å²) in [6.07, 6.45) is 0.792. The number of nitrogens with zero attached hydrogens (tertiary/aromatic N) is 2. The lowest BCUT2D eigenvalue weighted by atomic mass is 10.0. The maximum absolute atomic E-state index is 10.3. The van der Waals surface area contributed by atoms with E-state index in [1.807, 2.05) is 18.2 Å². The number of halogens is 1. The van der Waals surface area contributed by atoms with Crippen LogP contribution in [0.15, 0.2) is 41.4 Å². The molecule has 0 aliphatic heterocycles. The third kappa shape index (κ3) is 4.44. The van der Waals surface area contributed by atoms with Crippen molar-refractivity contribution in [2.75, 3.05) is 19.7 Å². The van der Waals surface area contributed by atoms with Crippen LogP contribution in [0, 0.1) is 11.3 Å². The minimum atomic E-state index is -0.855. The van der Waals surface area contributed by atoms with Crippen LogP contribution in [0.25, 0.3) is 0 Å². The second-order valence-electron chi connectivity index (χ2n) is 4.12. The largest absolute Gasteiger partial charge is 0.395 e. The van der Waals surface area contributed by atoms with E-state index in [1.54, 1.807) is 23.1 Å². The Morgan fingerprint density at radius 2 is 2.05 bits per heavy atom. The lowest BCUT2D eigenvalue weighted by Gasteiger charge is -2.31.